The molecule has 3 nitrogen and oxygen atoms in total. The third kappa shape index (κ3) is 0.993. The lowest BCUT2D eigenvalue weighted by molar-refractivity contribution is 0.469. The van der Waals surface area contributed by atoms with Gasteiger partial charge in [-0.15, -0.1) is 0 Å². The summed E-state index contributed by atoms with van der Waals surface area (Å²) in [4.78, 5) is 8.22. The number of aromatic hydroxyl groups is 1. The Bertz CT molecular complexity index is 385. The van der Waals surface area contributed by atoms with E-state index in [-0.39, 0.29) is 5.75 Å². The maximum Gasteiger partial charge on any atom is 0.138 e. The molecule has 3 heteroatoms. The molecule has 0 aliphatic heterocycles. The Morgan fingerprint density at radius 3 is 3.00 bits per heavy atom. The summed E-state index contributed by atoms with van der Waals surface area (Å²) >= 11 is 0. The van der Waals surface area contributed by atoms with Crippen molar-refractivity contribution in [3.63, 3.8) is 0 Å². The number of hydrogen-bond donors (Lipinski definition) is 1. The number of pyridine rings is 2. The van der Waals surface area contributed by atoms with Crippen LogP contribution in [0.5, 0.6) is 5.75 Å². The van der Waals surface area contributed by atoms with E-state index in [2.05, 4.69) is 9.97 Å². The normalized spacial score (nSPS) is 10.4. The van der Waals surface area contributed by atoms with E-state index in [4.69, 9.17) is 0 Å². The molecular formula is C9H8N2O. The van der Waals surface area contributed by atoms with Crippen LogP contribution in [0.4, 0.5) is 0 Å². The molecule has 0 bridgehead atoms. The van der Waals surface area contributed by atoms with Crippen molar-refractivity contribution < 1.29 is 5.11 Å². The summed E-state index contributed by atoms with van der Waals surface area (Å²) < 4.78 is 0. The summed E-state index contributed by atoms with van der Waals surface area (Å²) in [5.41, 5.74) is 2.17. The number of fused-ring (bicyclic) bond motifs is 1. The molecule has 0 aliphatic carbocycles. The molecule has 0 aromatic carbocycles. The first kappa shape index (κ1) is 7.03. The van der Waals surface area contributed by atoms with Crippen LogP contribution in [0, 0.1) is 6.92 Å². The van der Waals surface area contributed by atoms with Crippen LogP contribution < -0.4 is 0 Å². The first-order chi connectivity index (χ1) is 5.77. The van der Waals surface area contributed by atoms with E-state index >= 15 is 0 Å². The Morgan fingerprint density at radius 2 is 2.17 bits per heavy atom. The van der Waals surface area contributed by atoms with E-state index in [0.717, 1.165) is 11.0 Å². The summed E-state index contributed by atoms with van der Waals surface area (Å²) in [6.45, 7) is 1.77. The van der Waals surface area contributed by atoms with Gasteiger partial charge in [0.2, 0.25) is 0 Å². The molecule has 1 N–H and O–H groups in total. The molecule has 60 valence electrons. The van der Waals surface area contributed by atoms with Gasteiger partial charge in [-0.25, -0.2) is 4.98 Å². The van der Waals surface area contributed by atoms with Crippen molar-refractivity contribution in [3.8, 4) is 5.75 Å². The SMILES string of the molecule is Cc1nc2cccnc2cc1O. The fraction of sp³-hybridized carbons (Fsp3) is 0.111. The van der Waals surface area contributed by atoms with Crippen molar-refractivity contribution in [3.05, 3.63) is 30.1 Å². The predicted molar refractivity (Wildman–Crippen MR) is 45.9 cm³/mol. The van der Waals surface area contributed by atoms with Crippen LogP contribution in [0.25, 0.3) is 11.0 Å². The molecule has 2 rings (SSSR count). The Kier molecular flexibility index (Phi) is 1.43. The first-order valence-electron chi connectivity index (χ1n) is 3.69. The Hall–Kier alpha value is -1.64. The fourth-order valence-corrected chi connectivity index (χ4v) is 1.09. The van der Waals surface area contributed by atoms with Crippen LogP contribution >= 0.6 is 0 Å². The number of nitrogens with zero attached hydrogens (tertiary/aromatic N) is 2. The Morgan fingerprint density at radius 1 is 1.33 bits per heavy atom. The summed E-state index contributed by atoms with van der Waals surface area (Å²) in [6, 6.07) is 5.32. The molecule has 0 unspecified atom stereocenters. The highest BCUT2D eigenvalue weighted by atomic mass is 16.3. The maximum atomic E-state index is 9.31. The largest absolute Gasteiger partial charge is 0.506 e. The third-order valence-electron chi connectivity index (χ3n) is 1.75. The van der Waals surface area contributed by atoms with Gasteiger partial charge in [-0.2, -0.15) is 0 Å². The zero-order chi connectivity index (χ0) is 8.55. The van der Waals surface area contributed by atoms with Crippen LogP contribution in [0.2, 0.25) is 0 Å². The molecule has 2 aromatic rings. The number of rotatable bonds is 0. The fourth-order valence-electron chi connectivity index (χ4n) is 1.09. The number of aromatic nitrogens is 2. The number of hydrogen-bond acceptors (Lipinski definition) is 3. The van der Waals surface area contributed by atoms with E-state index in [9.17, 15) is 5.11 Å². The third-order valence-corrected chi connectivity index (χ3v) is 1.75. The van der Waals surface area contributed by atoms with Gasteiger partial charge in [0.25, 0.3) is 0 Å². The van der Waals surface area contributed by atoms with Crippen molar-refractivity contribution in [2.45, 2.75) is 6.92 Å². The lowest BCUT2D eigenvalue weighted by atomic mass is 10.3. The Balaban J connectivity index is 2.84. The van der Waals surface area contributed by atoms with Crippen molar-refractivity contribution >= 4 is 11.0 Å². The number of aryl methyl sites for hydroxylation is 1. The second kappa shape index (κ2) is 2.44. The lowest BCUT2D eigenvalue weighted by Gasteiger charge is -1.99. The minimum atomic E-state index is 0.196. The van der Waals surface area contributed by atoms with E-state index in [0.29, 0.717) is 5.69 Å². The van der Waals surface area contributed by atoms with Gasteiger partial charge >= 0.3 is 0 Å². The summed E-state index contributed by atoms with van der Waals surface area (Å²) in [6.07, 6.45) is 1.68. The van der Waals surface area contributed by atoms with E-state index < -0.39 is 0 Å². The maximum absolute atomic E-state index is 9.31. The van der Waals surface area contributed by atoms with Gasteiger partial charge in [-0.05, 0) is 19.1 Å². The predicted octanol–water partition coefficient (Wildman–Crippen LogP) is 1.64. The second-order valence-electron chi connectivity index (χ2n) is 2.63. The monoisotopic (exact) mass is 160 g/mol. The van der Waals surface area contributed by atoms with Gasteiger partial charge in [-0.3, -0.25) is 4.98 Å². The second-order valence-corrected chi connectivity index (χ2v) is 2.63. The van der Waals surface area contributed by atoms with Crippen molar-refractivity contribution in [1.29, 1.82) is 0 Å². The van der Waals surface area contributed by atoms with Crippen LogP contribution in [0.3, 0.4) is 0 Å². The van der Waals surface area contributed by atoms with Crippen LogP contribution in [-0.2, 0) is 0 Å². The summed E-state index contributed by atoms with van der Waals surface area (Å²) in [5, 5.41) is 9.31. The molecule has 0 radical (unpaired) electrons. The highest BCUT2D eigenvalue weighted by molar-refractivity contribution is 5.75. The van der Waals surface area contributed by atoms with Gasteiger partial charge < -0.3 is 5.11 Å². The minimum Gasteiger partial charge on any atom is -0.506 e. The highest BCUT2D eigenvalue weighted by Crippen LogP contribution is 2.18. The average Bonchev–Trinajstić information content (AvgIpc) is 2.07. The van der Waals surface area contributed by atoms with E-state index in [1.807, 2.05) is 12.1 Å². The molecule has 0 amide bonds. The molecule has 2 heterocycles. The standard InChI is InChI=1S/C9H8N2O/c1-6-9(12)5-8-7(11-6)3-2-4-10-8/h2-5,12H,1H3. The van der Waals surface area contributed by atoms with Gasteiger partial charge in [0, 0.05) is 12.3 Å². The zero-order valence-electron chi connectivity index (χ0n) is 6.65. The molecule has 2 aromatic heterocycles. The Labute approximate surface area is 69.7 Å². The van der Waals surface area contributed by atoms with Crippen molar-refractivity contribution in [2.24, 2.45) is 0 Å². The van der Waals surface area contributed by atoms with E-state index in [1.165, 1.54) is 0 Å². The zero-order valence-corrected chi connectivity index (χ0v) is 6.65. The quantitative estimate of drug-likeness (QED) is 0.637. The average molecular weight is 160 g/mol. The van der Waals surface area contributed by atoms with Crippen LogP contribution in [0.15, 0.2) is 24.4 Å². The summed E-state index contributed by atoms with van der Waals surface area (Å²) in [5.74, 6) is 0.196. The van der Waals surface area contributed by atoms with Gasteiger partial charge in [0.15, 0.2) is 0 Å². The minimum absolute atomic E-state index is 0.196. The first-order valence-corrected chi connectivity index (χ1v) is 3.69. The molecule has 0 saturated heterocycles. The molecule has 0 saturated carbocycles. The van der Waals surface area contributed by atoms with E-state index in [1.54, 1.807) is 19.2 Å². The topological polar surface area (TPSA) is 46.0 Å². The van der Waals surface area contributed by atoms with Crippen LogP contribution in [-0.4, -0.2) is 15.1 Å². The van der Waals surface area contributed by atoms with Gasteiger partial charge in [0.1, 0.15) is 5.75 Å². The van der Waals surface area contributed by atoms with Crippen molar-refractivity contribution in [2.75, 3.05) is 0 Å². The van der Waals surface area contributed by atoms with Gasteiger partial charge in [-0.1, -0.05) is 0 Å². The molecule has 0 aliphatic rings. The molecule has 0 atom stereocenters. The molecule has 12 heavy (non-hydrogen) atoms. The highest BCUT2D eigenvalue weighted by Gasteiger charge is 2.00. The lowest BCUT2D eigenvalue weighted by Crippen LogP contribution is -1.85. The summed E-state index contributed by atoms with van der Waals surface area (Å²) in [7, 11) is 0. The van der Waals surface area contributed by atoms with Crippen LogP contribution in [0.1, 0.15) is 5.69 Å². The van der Waals surface area contributed by atoms with Crippen molar-refractivity contribution in [1.82, 2.24) is 9.97 Å². The smallest absolute Gasteiger partial charge is 0.138 e. The molecular weight excluding hydrogens is 152 g/mol. The molecule has 0 spiro atoms. The molecule has 0 fully saturated rings. The van der Waals surface area contributed by atoms with Gasteiger partial charge in [0.05, 0.1) is 16.7 Å².